The minimum atomic E-state index is 0.510. The fourth-order valence-corrected chi connectivity index (χ4v) is 3.49. The summed E-state index contributed by atoms with van der Waals surface area (Å²) in [4.78, 5) is 0. The van der Waals surface area contributed by atoms with Gasteiger partial charge in [-0.05, 0) is 62.0 Å². The monoisotopic (exact) mass is 340 g/mol. The summed E-state index contributed by atoms with van der Waals surface area (Å²) in [5.41, 5.74) is 2.75. The van der Waals surface area contributed by atoms with Gasteiger partial charge in [-0.3, -0.25) is 0 Å². The molecule has 1 aliphatic rings. The van der Waals surface area contributed by atoms with Crippen LogP contribution in [0.4, 0.5) is 0 Å². The van der Waals surface area contributed by atoms with E-state index < -0.39 is 0 Å². The molecule has 1 fully saturated rings. The van der Waals surface area contributed by atoms with Gasteiger partial charge in [0, 0.05) is 6.61 Å². The highest BCUT2D eigenvalue weighted by molar-refractivity contribution is 5.51. The summed E-state index contributed by atoms with van der Waals surface area (Å²) in [6, 6.07) is 9.02. The molecule has 1 heteroatoms. The van der Waals surface area contributed by atoms with Crippen LogP contribution < -0.4 is 0 Å². The Balaban J connectivity index is 1.69. The molecule has 0 N–H and O–H groups in total. The maximum absolute atomic E-state index is 5.87. The van der Waals surface area contributed by atoms with Gasteiger partial charge < -0.3 is 4.74 Å². The van der Waals surface area contributed by atoms with Gasteiger partial charge in [0.25, 0.3) is 0 Å². The van der Waals surface area contributed by atoms with E-state index in [1.165, 1.54) is 62.5 Å². The molecule has 0 heterocycles. The van der Waals surface area contributed by atoms with Crippen LogP contribution in [0.1, 0.15) is 76.3 Å². The van der Waals surface area contributed by atoms with Gasteiger partial charge in [-0.15, -0.1) is 0 Å². The van der Waals surface area contributed by atoms with Crippen LogP contribution in [0.15, 0.2) is 42.5 Å². The van der Waals surface area contributed by atoms with Gasteiger partial charge in [0.05, 0.1) is 6.10 Å². The number of rotatable bonds is 10. The summed E-state index contributed by atoms with van der Waals surface area (Å²) in [6.07, 6.45) is 20.8. The molecule has 0 unspecified atom stereocenters. The topological polar surface area (TPSA) is 9.23 Å². The molecular formula is C24H36O. The van der Waals surface area contributed by atoms with Gasteiger partial charge in [-0.1, -0.05) is 75.3 Å². The predicted octanol–water partition coefficient (Wildman–Crippen LogP) is 6.97. The summed E-state index contributed by atoms with van der Waals surface area (Å²) >= 11 is 0. The van der Waals surface area contributed by atoms with Crippen molar-refractivity contribution in [3.63, 3.8) is 0 Å². The first-order chi connectivity index (χ1) is 12.3. The maximum Gasteiger partial charge on any atom is 0.0575 e. The Labute approximate surface area is 155 Å². The Morgan fingerprint density at radius 3 is 2.36 bits per heavy atom. The number of hydrogen-bond acceptors (Lipinski definition) is 1. The Kier molecular flexibility index (Phi) is 9.66. The van der Waals surface area contributed by atoms with Crippen molar-refractivity contribution < 1.29 is 4.74 Å². The summed E-state index contributed by atoms with van der Waals surface area (Å²) in [7, 11) is 0. The maximum atomic E-state index is 5.87. The molecule has 25 heavy (non-hydrogen) atoms. The number of allylic oxidation sites excluding steroid dienone is 3. The van der Waals surface area contributed by atoms with Crippen molar-refractivity contribution in [2.45, 2.75) is 77.7 Å². The second-order valence-electron chi connectivity index (χ2n) is 7.35. The molecule has 1 saturated carbocycles. The Bertz CT molecular complexity index is 503. The average molecular weight is 341 g/mol. The van der Waals surface area contributed by atoms with E-state index in [0.29, 0.717) is 6.10 Å². The van der Waals surface area contributed by atoms with E-state index in [1.54, 1.807) is 0 Å². The van der Waals surface area contributed by atoms with Gasteiger partial charge in [0.1, 0.15) is 0 Å². The average Bonchev–Trinajstić information content (AvgIpc) is 2.66. The van der Waals surface area contributed by atoms with Crippen LogP contribution >= 0.6 is 0 Å². The smallest absolute Gasteiger partial charge is 0.0575 e. The molecule has 0 aliphatic heterocycles. The van der Waals surface area contributed by atoms with E-state index in [9.17, 15) is 0 Å². The van der Waals surface area contributed by atoms with E-state index in [4.69, 9.17) is 4.74 Å². The Morgan fingerprint density at radius 1 is 0.920 bits per heavy atom. The number of ether oxygens (including phenoxy) is 1. The van der Waals surface area contributed by atoms with Crippen LogP contribution in [0.2, 0.25) is 0 Å². The Hall–Kier alpha value is -1.34. The number of hydrogen-bond donors (Lipinski definition) is 0. The van der Waals surface area contributed by atoms with Crippen LogP contribution in [0.5, 0.6) is 0 Å². The predicted molar refractivity (Wildman–Crippen MR) is 110 cm³/mol. The largest absolute Gasteiger partial charge is 0.378 e. The summed E-state index contributed by atoms with van der Waals surface area (Å²) in [5.74, 6) is 0.729. The lowest BCUT2D eigenvalue weighted by Gasteiger charge is -2.26. The van der Waals surface area contributed by atoms with Crippen molar-refractivity contribution in [3.8, 4) is 0 Å². The third-order valence-corrected chi connectivity index (χ3v) is 5.11. The fraction of sp³-hybridized carbons (Fsp3) is 0.583. The van der Waals surface area contributed by atoms with Crippen molar-refractivity contribution in [2.24, 2.45) is 5.92 Å². The zero-order valence-corrected chi connectivity index (χ0v) is 16.3. The van der Waals surface area contributed by atoms with Crippen LogP contribution in [0.3, 0.4) is 0 Å². The molecule has 0 radical (unpaired) electrons. The summed E-state index contributed by atoms with van der Waals surface area (Å²) in [5, 5.41) is 0. The summed E-state index contributed by atoms with van der Waals surface area (Å²) in [6.45, 7) is 5.36. The Morgan fingerprint density at radius 2 is 1.68 bits per heavy atom. The quantitative estimate of drug-likeness (QED) is 0.330. The molecule has 1 aromatic carbocycles. The molecule has 1 aromatic rings. The van der Waals surface area contributed by atoms with Crippen molar-refractivity contribution in [1.29, 1.82) is 0 Å². The van der Waals surface area contributed by atoms with E-state index >= 15 is 0 Å². The third kappa shape index (κ3) is 8.05. The lowest BCUT2D eigenvalue weighted by atomic mass is 9.87. The van der Waals surface area contributed by atoms with Gasteiger partial charge in [0.2, 0.25) is 0 Å². The first kappa shape index (κ1) is 20.0. The van der Waals surface area contributed by atoms with Crippen LogP contribution in [-0.2, 0) is 11.2 Å². The zero-order valence-electron chi connectivity index (χ0n) is 16.3. The minimum absolute atomic E-state index is 0.510. The van der Waals surface area contributed by atoms with Crippen LogP contribution in [0, 0.1) is 5.92 Å². The van der Waals surface area contributed by atoms with Gasteiger partial charge in [0.15, 0.2) is 0 Å². The van der Waals surface area contributed by atoms with E-state index in [-0.39, 0.29) is 0 Å². The van der Waals surface area contributed by atoms with Crippen molar-refractivity contribution in [3.05, 3.63) is 53.6 Å². The van der Waals surface area contributed by atoms with Gasteiger partial charge in [-0.2, -0.15) is 0 Å². The van der Waals surface area contributed by atoms with Gasteiger partial charge in [-0.25, -0.2) is 0 Å². The normalized spacial score (nSPS) is 21.4. The molecule has 0 atom stereocenters. The molecule has 0 bridgehead atoms. The standard InChI is InChI=1S/C24H36O/c1-3-5-6-9-21-12-14-22(15-13-21)10-7-8-11-23-16-18-24(19-17-23)25-20-4-2/h7-8,10-15,23-24H,3-6,9,16-20H2,1-2H3. The zero-order chi connectivity index (χ0) is 17.7. The molecule has 0 spiro atoms. The number of unbranched alkanes of at least 4 members (excludes halogenated alkanes) is 2. The molecule has 0 saturated heterocycles. The van der Waals surface area contributed by atoms with Crippen molar-refractivity contribution >= 4 is 6.08 Å². The molecule has 1 aliphatic carbocycles. The van der Waals surface area contributed by atoms with Crippen molar-refractivity contribution in [1.82, 2.24) is 0 Å². The third-order valence-electron chi connectivity index (χ3n) is 5.11. The highest BCUT2D eigenvalue weighted by Gasteiger charge is 2.19. The molecule has 0 aromatic heterocycles. The van der Waals surface area contributed by atoms with Gasteiger partial charge >= 0.3 is 0 Å². The second kappa shape index (κ2) is 12.1. The van der Waals surface area contributed by atoms with E-state index in [1.807, 2.05) is 0 Å². The first-order valence-electron chi connectivity index (χ1n) is 10.4. The molecule has 138 valence electrons. The van der Waals surface area contributed by atoms with Crippen LogP contribution in [-0.4, -0.2) is 12.7 Å². The molecular weight excluding hydrogens is 304 g/mol. The summed E-state index contributed by atoms with van der Waals surface area (Å²) < 4.78 is 5.87. The first-order valence-corrected chi connectivity index (χ1v) is 10.4. The second-order valence-corrected chi connectivity index (χ2v) is 7.35. The minimum Gasteiger partial charge on any atom is -0.378 e. The lowest BCUT2D eigenvalue weighted by molar-refractivity contribution is 0.0227. The molecule has 2 rings (SSSR count). The number of benzene rings is 1. The highest BCUT2D eigenvalue weighted by atomic mass is 16.5. The fourth-order valence-electron chi connectivity index (χ4n) is 3.49. The van der Waals surface area contributed by atoms with Crippen molar-refractivity contribution in [2.75, 3.05) is 6.61 Å². The SMILES string of the molecule is CCCCCc1ccc(C=CC=CC2CCC(OCCC)CC2)cc1. The lowest BCUT2D eigenvalue weighted by Crippen LogP contribution is -2.21. The van der Waals surface area contributed by atoms with E-state index in [0.717, 1.165) is 18.9 Å². The highest BCUT2D eigenvalue weighted by Crippen LogP contribution is 2.27. The molecule has 1 nitrogen and oxygen atoms in total. The van der Waals surface area contributed by atoms with E-state index in [2.05, 4.69) is 62.4 Å². The number of aryl methyl sites for hydroxylation is 1. The van der Waals surface area contributed by atoms with Crippen LogP contribution in [0.25, 0.3) is 6.08 Å². The molecule has 0 amide bonds.